The molecule has 0 aliphatic carbocycles. The van der Waals surface area contributed by atoms with Crippen LogP contribution in [0.2, 0.25) is 5.02 Å². The minimum Gasteiger partial charge on any atom is -0.344 e. The SMILES string of the molecule is ClCN1C=c2cc(Cl)ccc2=NC1. The van der Waals surface area contributed by atoms with Gasteiger partial charge in [-0.2, -0.15) is 0 Å². The van der Waals surface area contributed by atoms with E-state index >= 15 is 0 Å². The van der Waals surface area contributed by atoms with Crippen LogP contribution in [0.4, 0.5) is 0 Å². The summed E-state index contributed by atoms with van der Waals surface area (Å²) in [6, 6.07) is 6.10. The summed E-state index contributed by atoms with van der Waals surface area (Å²) in [4.78, 5) is 6.25. The van der Waals surface area contributed by atoms with Crippen LogP contribution in [0.3, 0.4) is 0 Å². The van der Waals surface area contributed by atoms with Gasteiger partial charge in [0.15, 0.2) is 0 Å². The van der Waals surface area contributed by atoms with Crippen LogP contribution >= 0.6 is 23.2 Å². The molecule has 0 amide bonds. The quantitative estimate of drug-likeness (QED) is 0.507. The molecule has 0 N–H and O–H groups in total. The molecule has 4 heteroatoms. The van der Waals surface area contributed by atoms with Gasteiger partial charge in [-0.15, -0.1) is 11.6 Å². The molecule has 0 bridgehead atoms. The van der Waals surface area contributed by atoms with Crippen molar-refractivity contribution >= 4 is 29.4 Å². The largest absolute Gasteiger partial charge is 0.344 e. The Bertz CT molecular complexity index is 428. The first-order valence-electron chi connectivity index (χ1n) is 3.91. The average molecular weight is 215 g/mol. The smallest absolute Gasteiger partial charge is 0.111 e. The monoisotopic (exact) mass is 214 g/mol. The number of alkyl halides is 1. The van der Waals surface area contributed by atoms with E-state index in [1.165, 1.54) is 0 Å². The van der Waals surface area contributed by atoms with Gasteiger partial charge in [-0.05, 0) is 18.2 Å². The first kappa shape index (κ1) is 8.85. The van der Waals surface area contributed by atoms with Gasteiger partial charge in [0.1, 0.15) is 6.67 Å². The van der Waals surface area contributed by atoms with E-state index in [1.54, 1.807) is 0 Å². The number of benzene rings is 1. The molecule has 13 heavy (non-hydrogen) atoms. The van der Waals surface area contributed by atoms with Crippen LogP contribution in [0.15, 0.2) is 23.2 Å². The van der Waals surface area contributed by atoms with Crippen LogP contribution in [-0.4, -0.2) is 17.6 Å². The molecule has 0 spiro atoms. The van der Waals surface area contributed by atoms with Gasteiger partial charge < -0.3 is 4.90 Å². The van der Waals surface area contributed by atoms with Gasteiger partial charge in [-0.3, -0.25) is 4.99 Å². The van der Waals surface area contributed by atoms with E-state index in [-0.39, 0.29) is 0 Å². The standard InChI is InChI=1S/C9H8Cl2N2/c10-5-13-4-7-3-8(11)1-2-9(7)12-6-13/h1-4H,5-6H2. The molecule has 1 aromatic carbocycles. The van der Waals surface area contributed by atoms with Gasteiger partial charge in [-0.25, -0.2) is 0 Å². The zero-order valence-electron chi connectivity index (χ0n) is 6.87. The minimum atomic E-state index is 0.454. The second-order valence-electron chi connectivity index (χ2n) is 2.84. The van der Waals surface area contributed by atoms with Crippen molar-refractivity contribution in [2.75, 3.05) is 12.7 Å². The van der Waals surface area contributed by atoms with Crippen LogP contribution in [0.1, 0.15) is 0 Å². The summed E-state index contributed by atoms with van der Waals surface area (Å²) >= 11 is 11.5. The molecule has 0 saturated heterocycles. The zero-order valence-corrected chi connectivity index (χ0v) is 8.39. The summed E-state index contributed by atoms with van der Waals surface area (Å²) in [5, 5.41) is 2.73. The molecule has 68 valence electrons. The summed E-state index contributed by atoms with van der Waals surface area (Å²) < 4.78 is 0. The second kappa shape index (κ2) is 3.56. The van der Waals surface area contributed by atoms with E-state index < -0.39 is 0 Å². The summed E-state index contributed by atoms with van der Waals surface area (Å²) in [7, 11) is 0. The summed E-state index contributed by atoms with van der Waals surface area (Å²) in [6.07, 6.45) is 1.97. The molecule has 0 unspecified atom stereocenters. The van der Waals surface area contributed by atoms with Crippen molar-refractivity contribution in [2.45, 2.75) is 0 Å². The molecule has 1 aliphatic heterocycles. The lowest BCUT2D eigenvalue weighted by molar-refractivity contribution is 0.477. The molecular weight excluding hydrogens is 207 g/mol. The highest BCUT2D eigenvalue weighted by atomic mass is 35.5. The maximum Gasteiger partial charge on any atom is 0.111 e. The van der Waals surface area contributed by atoms with Crippen molar-refractivity contribution in [3.63, 3.8) is 0 Å². The maximum atomic E-state index is 5.85. The number of fused-ring (bicyclic) bond motifs is 1. The van der Waals surface area contributed by atoms with Crippen molar-refractivity contribution in [1.29, 1.82) is 0 Å². The Morgan fingerprint density at radius 3 is 3.08 bits per heavy atom. The molecule has 1 aliphatic rings. The number of hydrogen-bond acceptors (Lipinski definition) is 2. The van der Waals surface area contributed by atoms with Crippen LogP contribution < -0.4 is 10.6 Å². The third-order valence-electron chi connectivity index (χ3n) is 1.89. The van der Waals surface area contributed by atoms with Crippen molar-refractivity contribution in [1.82, 2.24) is 4.90 Å². The summed E-state index contributed by atoms with van der Waals surface area (Å²) in [5.74, 6) is 0. The third kappa shape index (κ3) is 1.79. The molecule has 0 saturated carbocycles. The highest BCUT2D eigenvalue weighted by Gasteiger charge is 2.01. The Balaban J connectivity index is 2.58. The van der Waals surface area contributed by atoms with Gasteiger partial charge in [0.05, 0.1) is 11.4 Å². The van der Waals surface area contributed by atoms with Crippen molar-refractivity contribution in [3.05, 3.63) is 33.8 Å². The first-order chi connectivity index (χ1) is 6.29. The lowest BCUT2D eigenvalue weighted by Crippen LogP contribution is -2.35. The molecule has 1 heterocycles. The van der Waals surface area contributed by atoms with E-state index in [1.807, 2.05) is 29.3 Å². The fourth-order valence-corrected chi connectivity index (χ4v) is 1.57. The Morgan fingerprint density at radius 2 is 2.31 bits per heavy atom. The molecule has 0 atom stereocenters. The van der Waals surface area contributed by atoms with E-state index in [9.17, 15) is 0 Å². The molecule has 2 rings (SSSR count). The van der Waals surface area contributed by atoms with E-state index in [0.29, 0.717) is 12.7 Å². The van der Waals surface area contributed by atoms with Crippen molar-refractivity contribution in [3.8, 4) is 0 Å². The second-order valence-corrected chi connectivity index (χ2v) is 3.52. The maximum absolute atomic E-state index is 5.85. The highest BCUT2D eigenvalue weighted by Crippen LogP contribution is 2.01. The first-order valence-corrected chi connectivity index (χ1v) is 4.83. The van der Waals surface area contributed by atoms with Gasteiger partial charge in [-0.1, -0.05) is 11.6 Å². The Hall–Kier alpha value is -0.730. The van der Waals surface area contributed by atoms with Crippen LogP contribution in [0, 0.1) is 0 Å². The molecule has 0 aromatic heterocycles. The third-order valence-corrected chi connectivity index (χ3v) is 2.43. The Morgan fingerprint density at radius 1 is 1.46 bits per heavy atom. The number of rotatable bonds is 1. The average Bonchev–Trinajstić information content (AvgIpc) is 2.16. The zero-order chi connectivity index (χ0) is 9.26. The topological polar surface area (TPSA) is 15.6 Å². The van der Waals surface area contributed by atoms with Gasteiger partial charge in [0, 0.05) is 16.4 Å². The number of halogens is 2. The summed E-state index contributed by atoms with van der Waals surface area (Å²) in [5.41, 5.74) is 0. The lowest BCUT2D eigenvalue weighted by atomic mass is 10.3. The molecule has 1 aromatic rings. The van der Waals surface area contributed by atoms with Gasteiger partial charge >= 0.3 is 0 Å². The predicted molar refractivity (Wildman–Crippen MR) is 54.1 cm³/mol. The van der Waals surface area contributed by atoms with Gasteiger partial charge in [0.2, 0.25) is 0 Å². The molecule has 0 fully saturated rings. The fourth-order valence-electron chi connectivity index (χ4n) is 1.25. The number of hydrogen-bond donors (Lipinski definition) is 0. The lowest BCUT2D eigenvalue weighted by Gasteiger charge is -2.16. The predicted octanol–water partition coefficient (Wildman–Crippen LogP) is 1.17. The fraction of sp³-hybridized carbons (Fsp3) is 0.222. The van der Waals surface area contributed by atoms with Crippen LogP contribution in [-0.2, 0) is 0 Å². The van der Waals surface area contributed by atoms with Crippen molar-refractivity contribution < 1.29 is 0 Å². The molecule has 0 radical (unpaired) electrons. The Labute approximate surface area is 86.1 Å². The van der Waals surface area contributed by atoms with E-state index in [2.05, 4.69) is 4.99 Å². The van der Waals surface area contributed by atoms with E-state index in [4.69, 9.17) is 23.2 Å². The number of nitrogens with zero attached hydrogens (tertiary/aromatic N) is 2. The minimum absolute atomic E-state index is 0.454. The molecule has 2 nitrogen and oxygen atoms in total. The molecular formula is C9H8Cl2N2. The Kier molecular flexibility index (Phi) is 2.42. The van der Waals surface area contributed by atoms with E-state index in [0.717, 1.165) is 15.6 Å². The summed E-state index contributed by atoms with van der Waals surface area (Å²) in [6.45, 7) is 0.623. The normalized spacial score (nSPS) is 14.5. The van der Waals surface area contributed by atoms with Crippen LogP contribution in [0.25, 0.3) is 6.20 Å². The van der Waals surface area contributed by atoms with Gasteiger partial charge in [0.25, 0.3) is 0 Å². The van der Waals surface area contributed by atoms with Crippen molar-refractivity contribution in [2.24, 2.45) is 4.99 Å². The highest BCUT2D eigenvalue weighted by molar-refractivity contribution is 6.30. The van der Waals surface area contributed by atoms with Crippen LogP contribution in [0.5, 0.6) is 0 Å².